The van der Waals surface area contributed by atoms with Gasteiger partial charge in [0.1, 0.15) is 0 Å². The highest BCUT2D eigenvalue weighted by molar-refractivity contribution is 5.22. The second-order valence-corrected chi connectivity index (χ2v) is 3.31. The number of benzene rings is 1. The molecule has 0 heterocycles. The molecule has 0 aromatic heterocycles. The van der Waals surface area contributed by atoms with Crippen LogP contribution in [0, 0.1) is 0 Å². The lowest BCUT2D eigenvalue weighted by molar-refractivity contribution is 0.257. The second kappa shape index (κ2) is 5.61. The number of likely N-dealkylation sites (N-methyl/N-ethyl adjacent to an activating group) is 1. The number of rotatable bonds is 5. The Labute approximate surface area is 87.1 Å². The smallest absolute Gasteiger partial charge is 0.0528 e. The summed E-state index contributed by atoms with van der Waals surface area (Å²) >= 11 is 0. The van der Waals surface area contributed by atoms with Gasteiger partial charge in [0.2, 0.25) is 0 Å². The monoisotopic (exact) mass is 189 g/mol. The van der Waals surface area contributed by atoms with Gasteiger partial charge in [-0.2, -0.15) is 0 Å². The third-order valence-electron chi connectivity index (χ3n) is 2.57. The molecule has 14 heavy (non-hydrogen) atoms. The molecule has 0 aliphatic rings. The minimum absolute atomic E-state index is 0.353. The van der Waals surface area contributed by atoms with E-state index in [9.17, 15) is 0 Å². The first kappa shape index (κ1) is 11.0. The van der Waals surface area contributed by atoms with Crippen LogP contribution in [0.15, 0.2) is 43.0 Å². The molecule has 0 aliphatic carbocycles. The molecule has 0 fully saturated rings. The topological polar surface area (TPSA) is 3.24 Å². The molecule has 1 atom stereocenters. The summed E-state index contributed by atoms with van der Waals surface area (Å²) < 4.78 is 0. The maximum atomic E-state index is 3.91. The third-order valence-corrected chi connectivity index (χ3v) is 2.57. The molecule has 0 bridgehead atoms. The normalized spacial score (nSPS) is 12.8. The van der Waals surface area contributed by atoms with Crippen LogP contribution in [0.3, 0.4) is 0 Å². The van der Waals surface area contributed by atoms with Gasteiger partial charge in [-0.25, -0.2) is 0 Å². The first-order valence-corrected chi connectivity index (χ1v) is 5.25. The molecule has 1 aromatic carbocycles. The van der Waals surface area contributed by atoms with Crippen LogP contribution in [0.1, 0.15) is 25.5 Å². The van der Waals surface area contributed by atoms with Crippen LogP contribution < -0.4 is 0 Å². The van der Waals surface area contributed by atoms with Crippen LogP contribution in [0.2, 0.25) is 0 Å². The minimum atomic E-state index is 0.353. The van der Waals surface area contributed by atoms with Gasteiger partial charge < -0.3 is 0 Å². The molecule has 0 spiro atoms. The maximum Gasteiger partial charge on any atom is 0.0528 e. The van der Waals surface area contributed by atoms with Crippen LogP contribution in [-0.4, -0.2) is 18.0 Å². The van der Waals surface area contributed by atoms with Crippen LogP contribution in [0.25, 0.3) is 0 Å². The lowest BCUT2D eigenvalue weighted by Gasteiger charge is -2.27. The van der Waals surface area contributed by atoms with Gasteiger partial charge in [0.05, 0.1) is 6.04 Å². The van der Waals surface area contributed by atoms with E-state index in [1.54, 1.807) is 0 Å². The summed E-state index contributed by atoms with van der Waals surface area (Å²) in [6, 6.07) is 10.9. The molecule has 1 unspecified atom stereocenters. The van der Waals surface area contributed by atoms with Gasteiger partial charge in [0, 0.05) is 0 Å². The third kappa shape index (κ3) is 2.46. The number of nitrogens with zero attached hydrogens (tertiary/aromatic N) is 1. The Morgan fingerprint density at radius 3 is 2.21 bits per heavy atom. The number of hydrogen-bond acceptors (Lipinski definition) is 1. The average molecular weight is 189 g/mol. The summed E-state index contributed by atoms with van der Waals surface area (Å²) in [5.41, 5.74) is 1.33. The van der Waals surface area contributed by atoms with Crippen LogP contribution in [-0.2, 0) is 0 Å². The van der Waals surface area contributed by atoms with E-state index in [-0.39, 0.29) is 0 Å². The molecular weight excluding hydrogens is 170 g/mol. The van der Waals surface area contributed by atoms with Crippen LogP contribution in [0.4, 0.5) is 0 Å². The number of hydrogen-bond donors (Lipinski definition) is 0. The summed E-state index contributed by atoms with van der Waals surface area (Å²) in [5, 5.41) is 0. The molecule has 0 saturated carbocycles. The fourth-order valence-corrected chi connectivity index (χ4v) is 1.76. The quantitative estimate of drug-likeness (QED) is 0.643. The summed E-state index contributed by atoms with van der Waals surface area (Å²) in [6.45, 7) is 10.4. The minimum Gasteiger partial charge on any atom is -0.293 e. The second-order valence-electron chi connectivity index (χ2n) is 3.31. The van der Waals surface area contributed by atoms with Gasteiger partial charge in [0.15, 0.2) is 0 Å². The molecule has 0 aliphatic heterocycles. The Bertz CT molecular complexity index is 262. The Balaban J connectivity index is 2.86. The zero-order chi connectivity index (χ0) is 10.4. The van der Waals surface area contributed by atoms with Gasteiger partial charge in [0.25, 0.3) is 0 Å². The van der Waals surface area contributed by atoms with E-state index in [2.05, 4.69) is 49.6 Å². The highest BCUT2D eigenvalue weighted by Crippen LogP contribution is 2.20. The highest BCUT2D eigenvalue weighted by Gasteiger charge is 2.12. The molecule has 1 nitrogen and oxygen atoms in total. The summed E-state index contributed by atoms with van der Waals surface area (Å²) in [4.78, 5) is 2.39. The molecule has 0 radical (unpaired) electrons. The predicted molar refractivity (Wildman–Crippen MR) is 62.3 cm³/mol. The van der Waals surface area contributed by atoms with Crippen LogP contribution in [0.5, 0.6) is 0 Å². The molecule has 0 saturated heterocycles. The van der Waals surface area contributed by atoms with Crippen molar-refractivity contribution in [2.24, 2.45) is 0 Å². The Kier molecular flexibility index (Phi) is 4.41. The predicted octanol–water partition coefficient (Wildman–Crippen LogP) is 3.26. The fourth-order valence-electron chi connectivity index (χ4n) is 1.76. The van der Waals surface area contributed by atoms with Crippen molar-refractivity contribution >= 4 is 0 Å². The van der Waals surface area contributed by atoms with Crippen molar-refractivity contribution in [1.82, 2.24) is 4.90 Å². The van der Waals surface area contributed by atoms with Crippen molar-refractivity contribution in [3.63, 3.8) is 0 Å². The lowest BCUT2D eigenvalue weighted by Crippen LogP contribution is -2.26. The highest BCUT2D eigenvalue weighted by atomic mass is 15.1. The molecule has 1 rings (SSSR count). The van der Waals surface area contributed by atoms with Crippen molar-refractivity contribution in [1.29, 1.82) is 0 Å². The van der Waals surface area contributed by atoms with Crippen LogP contribution >= 0.6 is 0 Å². The maximum absolute atomic E-state index is 3.91. The molecule has 1 aromatic rings. The Hall–Kier alpha value is -1.08. The first-order valence-electron chi connectivity index (χ1n) is 5.25. The van der Waals surface area contributed by atoms with E-state index in [1.807, 2.05) is 12.1 Å². The van der Waals surface area contributed by atoms with Crippen molar-refractivity contribution in [2.75, 3.05) is 13.1 Å². The average Bonchev–Trinajstić information content (AvgIpc) is 2.27. The molecule has 0 amide bonds. The SMILES string of the molecule is C=CC(c1ccccc1)N(CC)CC. The Morgan fingerprint density at radius 2 is 1.79 bits per heavy atom. The van der Waals surface area contributed by atoms with Crippen molar-refractivity contribution in [3.8, 4) is 0 Å². The van der Waals surface area contributed by atoms with Gasteiger partial charge in [-0.05, 0) is 18.7 Å². The molecule has 0 N–H and O–H groups in total. The van der Waals surface area contributed by atoms with Gasteiger partial charge in [-0.1, -0.05) is 50.3 Å². The van der Waals surface area contributed by atoms with Gasteiger partial charge in [-0.3, -0.25) is 4.90 Å². The van der Waals surface area contributed by atoms with Crippen molar-refractivity contribution < 1.29 is 0 Å². The summed E-state index contributed by atoms with van der Waals surface area (Å²) in [6.07, 6.45) is 2.02. The van der Waals surface area contributed by atoms with E-state index in [0.717, 1.165) is 13.1 Å². The zero-order valence-corrected chi connectivity index (χ0v) is 9.11. The lowest BCUT2D eigenvalue weighted by atomic mass is 10.1. The van der Waals surface area contributed by atoms with E-state index in [0.29, 0.717) is 6.04 Å². The van der Waals surface area contributed by atoms with Crippen molar-refractivity contribution in [2.45, 2.75) is 19.9 Å². The van der Waals surface area contributed by atoms with E-state index >= 15 is 0 Å². The molecule has 76 valence electrons. The zero-order valence-electron chi connectivity index (χ0n) is 9.11. The standard InChI is InChI=1S/C13H19N/c1-4-13(14(5-2)6-3)12-10-8-7-9-11-12/h4,7-11,13H,1,5-6H2,2-3H3. The van der Waals surface area contributed by atoms with Crippen molar-refractivity contribution in [3.05, 3.63) is 48.6 Å². The van der Waals surface area contributed by atoms with E-state index in [4.69, 9.17) is 0 Å². The molecule has 1 heteroatoms. The van der Waals surface area contributed by atoms with Gasteiger partial charge in [-0.15, -0.1) is 6.58 Å². The van der Waals surface area contributed by atoms with E-state index < -0.39 is 0 Å². The first-order chi connectivity index (χ1) is 6.83. The van der Waals surface area contributed by atoms with E-state index in [1.165, 1.54) is 5.56 Å². The summed E-state index contributed by atoms with van der Waals surface area (Å²) in [7, 11) is 0. The largest absolute Gasteiger partial charge is 0.293 e. The summed E-state index contributed by atoms with van der Waals surface area (Å²) in [5.74, 6) is 0. The Morgan fingerprint density at radius 1 is 1.21 bits per heavy atom. The fraction of sp³-hybridized carbons (Fsp3) is 0.385. The van der Waals surface area contributed by atoms with Gasteiger partial charge >= 0.3 is 0 Å². The molecular formula is C13H19N.